The molecule has 0 saturated heterocycles. The van der Waals surface area contributed by atoms with Gasteiger partial charge in [-0.05, 0) is 56.5 Å². The van der Waals surface area contributed by atoms with Gasteiger partial charge < -0.3 is 19.9 Å². The zero-order valence-corrected chi connectivity index (χ0v) is 17.4. The summed E-state index contributed by atoms with van der Waals surface area (Å²) in [6.45, 7) is 5.47. The normalized spacial score (nSPS) is 11.7. The summed E-state index contributed by atoms with van der Waals surface area (Å²) in [5.41, 5.74) is 1.72. The molecule has 1 unspecified atom stereocenters. The smallest absolute Gasteiger partial charge is 0.360 e. The van der Waals surface area contributed by atoms with Crippen molar-refractivity contribution in [2.45, 2.75) is 33.1 Å². The molecule has 0 spiro atoms. The number of rotatable bonds is 6. The lowest BCUT2D eigenvalue weighted by Crippen LogP contribution is -2.30. The maximum atomic E-state index is 12.9. The van der Waals surface area contributed by atoms with Crippen LogP contribution in [0.15, 0.2) is 63.3 Å². The van der Waals surface area contributed by atoms with Crippen LogP contribution in [0.5, 0.6) is 5.75 Å². The minimum Gasteiger partial charge on any atom is -0.508 e. The van der Waals surface area contributed by atoms with E-state index in [9.17, 15) is 24.6 Å². The van der Waals surface area contributed by atoms with Crippen LogP contribution in [-0.2, 0) is 16.0 Å². The fourth-order valence-corrected chi connectivity index (χ4v) is 3.31. The number of hydrogen-bond acceptors (Lipinski definition) is 5. The van der Waals surface area contributed by atoms with E-state index in [1.165, 1.54) is 12.1 Å². The second-order valence-corrected chi connectivity index (χ2v) is 7.52. The van der Waals surface area contributed by atoms with E-state index in [-0.39, 0.29) is 17.0 Å². The Morgan fingerprint density at radius 2 is 1.87 bits per heavy atom. The minimum absolute atomic E-state index is 0.0219. The molecule has 31 heavy (non-hydrogen) atoms. The van der Waals surface area contributed by atoms with Crippen molar-refractivity contribution in [3.63, 3.8) is 0 Å². The molecule has 7 nitrogen and oxygen atoms in total. The van der Waals surface area contributed by atoms with Gasteiger partial charge in [-0.2, -0.15) is 0 Å². The third kappa shape index (κ3) is 4.66. The number of aryl methyl sites for hydroxylation is 1. The van der Waals surface area contributed by atoms with Crippen LogP contribution in [0.2, 0.25) is 0 Å². The summed E-state index contributed by atoms with van der Waals surface area (Å²) in [6.07, 6.45) is 2.43. The van der Waals surface area contributed by atoms with Crippen molar-refractivity contribution in [1.82, 2.24) is 0 Å². The van der Waals surface area contributed by atoms with E-state index in [0.29, 0.717) is 28.5 Å². The molecule has 0 fully saturated rings. The number of nitrogens with one attached hydrogen (secondary N) is 1. The standard InChI is InChI=1S/C24H23NO6/c1-13(2)8-9-15-6-4-5-7-17(15)20(23(28)29)22(27)25-18-12-16-10-11-19(26)14(3)21(16)31-24(18)30/h4-8,10-12,20,26H,9H2,1-3H3,(H,25,27)(H,28,29). The SMILES string of the molecule is CC(C)=CCc1ccccc1C(C(=O)O)C(=O)Nc1cc2ccc(O)c(C)c2oc1=O. The van der Waals surface area contributed by atoms with Gasteiger partial charge in [-0.15, -0.1) is 0 Å². The van der Waals surface area contributed by atoms with Crippen molar-refractivity contribution in [3.05, 3.63) is 81.2 Å². The second kappa shape index (κ2) is 8.87. The van der Waals surface area contributed by atoms with Gasteiger partial charge in [0.05, 0.1) is 0 Å². The van der Waals surface area contributed by atoms with Crippen LogP contribution in [0, 0.1) is 6.92 Å². The number of phenolic OH excluding ortho intramolecular Hbond substituents is 1. The Hall–Kier alpha value is -3.87. The number of carboxylic acids is 1. The van der Waals surface area contributed by atoms with Gasteiger partial charge in [0.2, 0.25) is 5.91 Å². The zero-order chi connectivity index (χ0) is 22.7. The molecule has 0 radical (unpaired) electrons. The fourth-order valence-electron chi connectivity index (χ4n) is 3.31. The molecule has 1 amide bonds. The van der Waals surface area contributed by atoms with Crippen LogP contribution in [0.1, 0.15) is 36.5 Å². The molecular weight excluding hydrogens is 398 g/mol. The van der Waals surface area contributed by atoms with Crippen LogP contribution < -0.4 is 10.9 Å². The lowest BCUT2D eigenvalue weighted by atomic mass is 9.91. The van der Waals surface area contributed by atoms with Gasteiger partial charge in [0.15, 0.2) is 5.92 Å². The summed E-state index contributed by atoms with van der Waals surface area (Å²) in [5, 5.41) is 22.5. The number of carbonyl (C=O) groups excluding carboxylic acids is 1. The number of allylic oxidation sites excluding steroid dienone is 2. The molecule has 1 aromatic heterocycles. The summed E-state index contributed by atoms with van der Waals surface area (Å²) < 4.78 is 5.25. The molecule has 1 heterocycles. The number of amides is 1. The molecule has 0 saturated carbocycles. The molecule has 160 valence electrons. The number of aliphatic carboxylic acids is 1. The van der Waals surface area contributed by atoms with Gasteiger partial charge in [-0.25, -0.2) is 4.79 Å². The van der Waals surface area contributed by atoms with Gasteiger partial charge >= 0.3 is 11.6 Å². The number of carbonyl (C=O) groups is 2. The molecule has 3 rings (SSSR count). The van der Waals surface area contributed by atoms with E-state index >= 15 is 0 Å². The maximum absolute atomic E-state index is 12.9. The third-order valence-electron chi connectivity index (χ3n) is 4.99. The van der Waals surface area contributed by atoms with E-state index < -0.39 is 23.4 Å². The van der Waals surface area contributed by atoms with E-state index in [1.807, 2.05) is 19.9 Å². The third-order valence-corrected chi connectivity index (χ3v) is 4.99. The Balaban J connectivity index is 1.99. The first-order valence-corrected chi connectivity index (χ1v) is 9.70. The van der Waals surface area contributed by atoms with Gasteiger partial charge in [-0.1, -0.05) is 35.9 Å². The maximum Gasteiger partial charge on any atom is 0.360 e. The van der Waals surface area contributed by atoms with Crippen LogP contribution in [0.3, 0.4) is 0 Å². The summed E-state index contributed by atoms with van der Waals surface area (Å²) in [6, 6.07) is 11.2. The first kappa shape index (κ1) is 21.8. The highest BCUT2D eigenvalue weighted by Gasteiger charge is 2.30. The molecule has 2 aromatic carbocycles. The monoisotopic (exact) mass is 421 g/mol. The van der Waals surface area contributed by atoms with Crippen molar-refractivity contribution in [1.29, 1.82) is 0 Å². The number of aromatic hydroxyl groups is 1. The van der Waals surface area contributed by atoms with Crippen molar-refractivity contribution < 1.29 is 24.2 Å². The minimum atomic E-state index is -1.50. The van der Waals surface area contributed by atoms with Crippen molar-refractivity contribution in [3.8, 4) is 5.75 Å². The van der Waals surface area contributed by atoms with Crippen molar-refractivity contribution in [2.24, 2.45) is 0 Å². The molecule has 3 N–H and O–H groups in total. The average Bonchev–Trinajstić information content (AvgIpc) is 2.71. The molecule has 0 aliphatic carbocycles. The Morgan fingerprint density at radius 1 is 1.16 bits per heavy atom. The predicted octanol–water partition coefficient (Wildman–Crippen LogP) is 4.12. The highest BCUT2D eigenvalue weighted by atomic mass is 16.4. The summed E-state index contributed by atoms with van der Waals surface area (Å²) >= 11 is 0. The van der Waals surface area contributed by atoms with Gasteiger partial charge in [0.1, 0.15) is 17.0 Å². The Labute approximate surface area is 178 Å². The van der Waals surface area contributed by atoms with Crippen LogP contribution in [0.4, 0.5) is 5.69 Å². The van der Waals surface area contributed by atoms with E-state index in [0.717, 1.165) is 5.57 Å². The molecule has 0 aliphatic rings. The van der Waals surface area contributed by atoms with E-state index in [1.54, 1.807) is 37.3 Å². The van der Waals surface area contributed by atoms with Crippen LogP contribution in [0.25, 0.3) is 11.0 Å². The van der Waals surface area contributed by atoms with Crippen LogP contribution >= 0.6 is 0 Å². The largest absolute Gasteiger partial charge is 0.508 e. The first-order chi connectivity index (χ1) is 14.7. The summed E-state index contributed by atoms with van der Waals surface area (Å²) in [4.78, 5) is 37.3. The molecular formula is C24H23NO6. The van der Waals surface area contributed by atoms with Crippen LogP contribution in [-0.4, -0.2) is 22.1 Å². The number of hydrogen-bond donors (Lipinski definition) is 3. The first-order valence-electron chi connectivity index (χ1n) is 9.70. The lowest BCUT2D eigenvalue weighted by molar-refractivity contribution is -0.141. The molecule has 3 aromatic rings. The lowest BCUT2D eigenvalue weighted by Gasteiger charge is -2.16. The Kier molecular flexibility index (Phi) is 6.25. The molecule has 0 bridgehead atoms. The van der Waals surface area contributed by atoms with E-state index in [4.69, 9.17) is 4.42 Å². The predicted molar refractivity (Wildman–Crippen MR) is 117 cm³/mol. The number of phenols is 1. The zero-order valence-electron chi connectivity index (χ0n) is 17.4. The highest BCUT2D eigenvalue weighted by Crippen LogP contribution is 2.28. The van der Waals surface area contributed by atoms with Crippen molar-refractivity contribution >= 4 is 28.5 Å². The summed E-state index contributed by atoms with van der Waals surface area (Å²) in [5.74, 6) is -3.70. The Morgan fingerprint density at radius 3 is 2.55 bits per heavy atom. The summed E-state index contributed by atoms with van der Waals surface area (Å²) in [7, 11) is 0. The second-order valence-electron chi connectivity index (χ2n) is 7.52. The number of carboxylic acid groups (broad SMARTS) is 1. The average molecular weight is 421 g/mol. The molecule has 0 aliphatic heterocycles. The highest BCUT2D eigenvalue weighted by molar-refractivity contribution is 6.09. The van der Waals surface area contributed by atoms with Gasteiger partial charge in [0, 0.05) is 10.9 Å². The van der Waals surface area contributed by atoms with Crippen molar-refractivity contribution in [2.75, 3.05) is 5.32 Å². The number of benzene rings is 2. The van der Waals surface area contributed by atoms with Gasteiger partial charge in [0.25, 0.3) is 0 Å². The Bertz CT molecular complexity index is 1250. The molecule has 7 heteroatoms. The number of fused-ring (bicyclic) bond motifs is 1. The fraction of sp³-hybridized carbons (Fsp3) is 0.208. The van der Waals surface area contributed by atoms with Gasteiger partial charge in [-0.3, -0.25) is 9.59 Å². The topological polar surface area (TPSA) is 117 Å². The number of anilines is 1. The quantitative estimate of drug-likeness (QED) is 0.313. The molecule has 1 atom stereocenters. The van der Waals surface area contributed by atoms with E-state index in [2.05, 4.69) is 5.32 Å².